The van der Waals surface area contributed by atoms with Crippen molar-refractivity contribution in [3.63, 3.8) is 0 Å². The van der Waals surface area contributed by atoms with Gasteiger partial charge in [-0.1, -0.05) is 13.0 Å². The van der Waals surface area contributed by atoms with Crippen LogP contribution in [0, 0.1) is 0 Å². The van der Waals surface area contributed by atoms with E-state index in [-0.39, 0.29) is 0 Å². The minimum Gasteiger partial charge on any atom is -0.297 e. The van der Waals surface area contributed by atoms with E-state index in [0.717, 1.165) is 0 Å². The summed E-state index contributed by atoms with van der Waals surface area (Å²) >= 11 is 0. The molecular weight excluding hydrogens is 201 g/mol. The maximum atomic E-state index is 12.2. The fourth-order valence-electron chi connectivity index (χ4n) is 1.08. The van der Waals surface area contributed by atoms with E-state index in [4.69, 9.17) is 9.05 Å². The first-order chi connectivity index (χ1) is 6.64. The van der Waals surface area contributed by atoms with E-state index < -0.39 is 7.75 Å². The molecular formula is C9H20NO3P. The second-order valence-corrected chi connectivity index (χ2v) is 4.62. The Hall–Kier alpha value is -0.150. The van der Waals surface area contributed by atoms with E-state index >= 15 is 0 Å². The van der Waals surface area contributed by atoms with E-state index in [1.54, 1.807) is 24.6 Å². The van der Waals surface area contributed by atoms with E-state index in [9.17, 15) is 4.57 Å². The number of hydrogen-bond donors (Lipinski definition) is 0. The van der Waals surface area contributed by atoms with Crippen molar-refractivity contribution in [2.45, 2.75) is 20.8 Å². The largest absolute Gasteiger partial charge is 0.408 e. The van der Waals surface area contributed by atoms with Gasteiger partial charge in [-0.05, 0) is 13.8 Å². The lowest BCUT2D eigenvalue weighted by atomic mass is 10.6. The third-order valence-electron chi connectivity index (χ3n) is 1.64. The van der Waals surface area contributed by atoms with Gasteiger partial charge in [0.05, 0.1) is 13.2 Å². The number of nitrogens with zero attached hydrogens (tertiary/aromatic N) is 1. The molecule has 0 aliphatic carbocycles. The van der Waals surface area contributed by atoms with Gasteiger partial charge in [-0.2, -0.15) is 0 Å². The molecule has 0 spiro atoms. The summed E-state index contributed by atoms with van der Waals surface area (Å²) < 4.78 is 24.2. The second-order valence-electron chi connectivity index (χ2n) is 2.60. The third kappa shape index (κ3) is 3.93. The Kier molecular flexibility index (Phi) is 7.11. The summed E-state index contributed by atoms with van der Waals surface area (Å²) in [7, 11) is -3.08. The van der Waals surface area contributed by atoms with Crippen LogP contribution in [0.3, 0.4) is 0 Å². The van der Waals surface area contributed by atoms with Crippen molar-refractivity contribution < 1.29 is 13.6 Å². The summed E-state index contributed by atoms with van der Waals surface area (Å²) in [6.45, 7) is 11.0. The second kappa shape index (κ2) is 7.18. The summed E-state index contributed by atoms with van der Waals surface area (Å²) in [5, 5.41) is 0. The molecule has 0 aliphatic rings. The highest BCUT2D eigenvalue weighted by molar-refractivity contribution is 7.51. The highest BCUT2D eigenvalue weighted by Gasteiger charge is 2.30. The predicted octanol–water partition coefficient (Wildman–Crippen LogP) is 2.68. The van der Waals surface area contributed by atoms with E-state index in [2.05, 4.69) is 6.58 Å². The quantitative estimate of drug-likeness (QED) is 0.466. The highest BCUT2D eigenvalue weighted by Crippen LogP contribution is 2.51. The lowest BCUT2D eigenvalue weighted by Crippen LogP contribution is -2.23. The average Bonchev–Trinajstić information content (AvgIpc) is 2.14. The van der Waals surface area contributed by atoms with Gasteiger partial charge in [0.2, 0.25) is 0 Å². The number of likely N-dealkylation sites (N-methyl/N-ethyl adjacent to an activating group) is 1. The SMILES string of the molecule is C=CCN(CC)P(=O)(OCC)OCC. The molecule has 0 aromatic heterocycles. The molecule has 0 N–H and O–H groups in total. The summed E-state index contributed by atoms with van der Waals surface area (Å²) in [6.07, 6.45) is 1.69. The first-order valence-electron chi connectivity index (χ1n) is 4.90. The molecule has 0 saturated carbocycles. The molecule has 0 aromatic carbocycles. The highest BCUT2D eigenvalue weighted by atomic mass is 31.2. The van der Waals surface area contributed by atoms with Crippen LogP contribution in [0.2, 0.25) is 0 Å². The fourth-order valence-corrected chi connectivity index (χ4v) is 2.79. The number of rotatable bonds is 8. The van der Waals surface area contributed by atoms with E-state index in [1.807, 2.05) is 6.92 Å². The van der Waals surface area contributed by atoms with Crippen LogP contribution in [0.25, 0.3) is 0 Å². The molecule has 0 unspecified atom stereocenters. The van der Waals surface area contributed by atoms with Crippen molar-refractivity contribution in [3.8, 4) is 0 Å². The van der Waals surface area contributed by atoms with Gasteiger partial charge < -0.3 is 0 Å². The molecule has 14 heavy (non-hydrogen) atoms. The Balaban J connectivity index is 4.56. The van der Waals surface area contributed by atoms with Gasteiger partial charge in [-0.3, -0.25) is 9.05 Å². The van der Waals surface area contributed by atoms with Gasteiger partial charge in [-0.25, -0.2) is 9.24 Å². The maximum Gasteiger partial charge on any atom is 0.408 e. The smallest absolute Gasteiger partial charge is 0.297 e. The topological polar surface area (TPSA) is 38.8 Å². The summed E-state index contributed by atoms with van der Waals surface area (Å²) in [4.78, 5) is 0. The van der Waals surface area contributed by atoms with E-state index in [1.165, 1.54) is 0 Å². The van der Waals surface area contributed by atoms with Crippen molar-refractivity contribution in [3.05, 3.63) is 12.7 Å². The molecule has 0 amide bonds. The Morgan fingerprint density at radius 1 is 1.29 bits per heavy atom. The third-order valence-corrected chi connectivity index (χ3v) is 3.94. The predicted molar refractivity (Wildman–Crippen MR) is 58.3 cm³/mol. The molecule has 0 bridgehead atoms. The van der Waals surface area contributed by atoms with Crippen LogP contribution in [-0.2, 0) is 13.6 Å². The van der Waals surface area contributed by atoms with Crippen molar-refractivity contribution in [1.29, 1.82) is 0 Å². The molecule has 0 heterocycles. The molecule has 0 saturated heterocycles. The van der Waals surface area contributed by atoms with Crippen LogP contribution < -0.4 is 0 Å². The van der Waals surface area contributed by atoms with Crippen LogP contribution in [0.1, 0.15) is 20.8 Å². The van der Waals surface area contributed by atoms with Crippen LogP contribution in [0.15, 0.2) is 12.7 Å². The lowest BCUT2D eigenvalue weighted by Gasteiger charge is -2.27. The molecule has 84 valence electrons. The van der Waals surface area contributed by atoms with Gasteiger partial charge in [0.25, 0.3) is 0 Å². The van der Waals surface area contributed by atoms with Crippen LogP contribution in [0.4, 0.5) is 0 Å². The molecule has 0 atom stereocenters. The Labute approximate surface area is 86.5 Å². The molecule has 5 heteroatoms. The van der Waals surface area contributed by atoms with Crippen molar-refractivity contribution in [1.82, 2.24) is 4.67 Å². The first kappa shape index (κ1) is 13.8. The normalized spacial score (nSPS) is 12.0. The van der Waals surface area contributed by atoms with Crippen molar-refractivity contribution in [2.75, 3.05) is 26.3 Å². The van der Waals surface area contributed by atoms with E-state index in [0.29, 0.717) is 26.3 Å². The van der Waals surface area contributed by atoms with Crippen LogP contribution >= 0.6 is 7.75 Å². The molecule has 0 aromatic rings. The molecule has 0 rings (SSSR count). The van der Waals surface area contributed by atoms with Gasteiger partial charge in [0.1, 0.15) is 0 Å². The van der Waals surface area contributed by atoms with Gasteiger partial charge >= 0.3 is 7.75 Å². The Bertz CT molecular complexity index is 198. The molecule has 4 nitrogen and oxygen atoms in total. The van der Waals surface area contributed by atoms with Crippen LogP contribution in [-0.4, -0.2) is 31.0 Å². The van der Waals surface area contributed by atoms with Crippen molar-refractivity contribution in [2.24, 2.45) is 0 Å². The fraction of sp³-hybridized carbons (Fsp3) is 0.778. The molecule has 0 fully saturated rings. The first-order valence-corrected chi connectivity index (χ1v) is 6.39. The van der Waals surface area contributed by atoms with Gasteiger partial charge in [-0.15, -0.1) is 6.58 Å². The zero-order valence-electron chi connectivity index (χ0n) is 9.23. The number of hydrogen-bond acceptors (Lipinski definition) is 3. The summed E-state index contributed by atoms with van der Waals surface area (Å²) in [5.74, 6) is 0. The van der Waals surface area contributed by atoms with Crippen molar-refractivity contribution >= 4 is 7.75 Å². The summed E-state index contributed by atoms with van der Waals surface area (Å²) in [6, 6.07) is 0. The minimum atomic E-state index is -3.08. The zero-order chi connectivity index (χ0) is 11.0. The van der Waals surface area contributed by atoms with Crippen LogP contribution in [0.5, 0.6) is 0 Å². The minimum absolute atomic E-state index is 0.380. The van der Waals surface area contributed by atoms with Gasteiger partial charge in [0.15, 0.2) is 0 Å². The van der Waals surface area contributed by atoms with Gasteiger partial charge in [0, 0.05) is 13.1 Å². The molecule has 0 radical (unpaired) electrons. The standard InChI is InChI=1S/C9H20NO3P/c1-5-9-10(6-2)14(11,12-7-3)13-8-4/h5H,1,6-9H2,2-4H3. The monoisotopic (exact) mass is 221 g/mol. The lowest BCUT2D eigenvalue weighted by molar-refractivity contribution is 0.174. The zero-order valence-corrected chi connectivity index (χ0v) is 10.1. The maximum absolute atomic E-state index is 12.2. The Morgan fingerprint density at radius 2 is 1.79 bits per heavy atom. The summed E-state index contributed by atoms with van der Waals surface area (Å²) in [5.41, 5.74) is 0. The average molecular weight is 221 g/mol. The Morgan fingerprint density at radius 3 is 2.07 bits per heavy atom. The molecule has 0 aliphatic heterocycles.